The Morgan fingerprint density at radius 2 is 2.07 bits per heavy atom. The molecule has 1 aliphatic heterocycles. The van der Waals surface area contributed by atoms with Gasteiger partial charge in [0.05, 0.1) is 10.8 Å². The van der Waals surface area contributed by atoms with E-state index in [4.69, 9.17) is 9.57 Å². The number of aromatic nitrogens is 2. The Labute approximate surface area is 78.4 Å². The smallest absolute Gasteiger partial charge is 0.311 e. The van der Waals surface area contributed by atoms with Crippen LogP contribution in [0, 0.1) is 0 Å². The van der Waals surface area contributed by atoms with Gasteiger partial charge in [0.15, 0.2) is 0 Å². The fourth-order valence-electron chi connectivity index (χ4n) is 1.47. The molecule has 3 rings (SSSR count). The molecule has 5 heteroatoms. The number of fused-ring (bicyclic) bond motifs is 4. The summed E-state index contributed by atoms with van der Waals surface area (Å²) in [7, 11) is 0. The van der Waals surface area contributed by atoms with Crippen LogP contribution in [0.15, 0.2) is 29.1 Å². The second-order valence-electron chi connectivity index (χ2n) is 2.92. The summed E-state index contributed by atoms with van der Waals surface area (Å²) in [6.07, 6.45) is 0. The van der Waals surface area contributed by atoms with Crippen molar-refractivity contribution in [2.75, 3.05) is 6.79 Å². The molecule has 5 nitrogen and oxygen atoms in total. The summed E-state index contributed by atoms with van der Waals surface area (Å²) in [6, 6.07) is 7.15. The quantitative estimate of drug-likeness (QED) is 0.594. The zero-order valence-corrected chi connectivity index (χ0v) is 7.14. The Bertz CT molecular complexity index is 561. The number of ether oxygens (including phenoxy) is 1. The lowest BCUT2D eigenvalue weighted by atomic mass is 10.2. The minimum absolute atomic E-state index is 0.0267. The van der Waals surface area contributed by atoms with Crippen molar-refractivity contribution in [1.29, 1.82) is 0 Å². The highest BCUT2D eigenvalue weighted by Crippen LogP contribution is 2.20. The Morgan fingerprint density at radius 3 is 2.93 bits per heavy atom. The van der Waals surface area contributed by atoms with E-state index in [1.165, 1.54) is 0 Å². The molecule has 0 spiro atoms. The summed E-state index contributed by atoms with van der Waals surface area (Å²) < 4.78 is 5.16. The lowest BCUT2D eigenvalue weighted by Gasteiger charge is -2.16. The van der Waals surface area contributed by atoms with Crippen LogP contribution in [-0.2, 0) is 0 Å². The summed E-state index contributed by atoms with van der Waals surface area (Å²) in [6.45, 7) is 0.0267. The van der Waals surface area contributed by atoms with E-state index < -0.39 is 0 Å². The standard InChI is InChI=1S/C9H6N2O3/c12-9-7-4-2-1-3-6(7)8-10-11(9)14-5-13-8/h1-4H,5H2. The molecule has 1 aromatic carbocycles. The van der Waals surface area contributed by atoms with Crippen LogP contribution in [0.2, 0.25) is 0 Å². The summed E-state index contributed by atoms with van der Waals surface area (Å²) in [4.78, 5) is 17.5. The molecule has 0 atom stereocenters. The summed E-state index contributed by atoms with van der Waals surface area (Å²) in [5.41, 5.74) is -0.257. The normalized spacial score (nSPS) is 13.4. The highest BCUT2D eigenvalue weighted by atomic mass is 16.8. The third kappa shape index (κ3) is 0.834. The van der Waals surface area contributed by atoms with E-state index in [1.54, 1.807) is 18.2 Å². The largest absolute Gasteiger partial charge is 0.436 e. The third-order valence-electron chi connectivity index (χ3n) is 2.11. The molecule has 1 aromatic heterocycles. The van der Waals surface area contributed by atoms with Gasteiger partial charge in [-0.25, -0.2) is 0 Å². The highest BCUT2D eigenvalue weighted by Gasteiger charge is 2.15. The zero-order valence-electron chi connectivity index (χ0n) is 7.14. The minimum atomic E-state index is -0.257. The maximum Gasteiger partial charge on any atom is 0.311 e. The number of benzene rings is 1. The molecular formula is C9H6N2O3. The molecule has 0 saturated heterocycles. The van der Waals surface area contributed by atoms with E-state index in [9.17, 15) is 4.79 Å². The molecule has 0 N–H and O–H groups in total. The molecule has 0 amide bonds. The molecule has 0 fully saturated rings. The fraction of sp³-hybridized carbons (Fsp3) is 0.111. The van der Waals surface area contributed by atoms with Gasteiger partial charge < -0.3 is 9.57 Å². The van der Waals surface area contributed by atoms with Crippen molar-refractivity contribution < 1.29 is 9.57 Å². The maximum absolute atomic E-state index is 11.7. The van der Waals surface area contributed by atoms with Crippen LogP contribution in [0.25, 0.3) is 10.8 Å². The Morgan fingerprint density at radius 1 is 1.29 bits per heavy atom. The molecule has 2 bridgehead atoms. The average Bonchev–Trinajstić information content (AvgIpc) is 2.27. The first kappa shape index (κ1) is 7.37. The van der Waals surface area contributed by atoms with E-state index in [1.807, 2.05) is 6.07 Å². The van der Waals surface area contributed by atoms with E-state index in [0.29, 0.717) is 11.3 Å². The molecule has 0 unspecified atom stereocenters. The van der Waals surface area contributed by atoms with Gasteiger partial charge in [-0.15, -0.1) is 0 Å². The summed E-state index contributed by atoms with van der Waals surface area (Å²) in [5, 5.41) is 5.14. The van der Waals surface area contributed by atoms with Gasteiger partial charge in [0, 0.05) is 0 Å². The third-order valence-corrected chi connectivity index (χ3v) is 2.11. The van der Waals surface area contributed by atoms with Crippen LogP contribution in [0.4, 0.5) is 0 Å². The fourth-order valence-corrected chi connectivity index (χ4v) is 1.47. The topological polar surface area (TPSA) is 53.4 Å². The minimum Gasteiger partial charge on any atom is -0.436 e. The van der Waals surface area contributed by atoms with Crippen LogP contribution in [0.5, 0.6) is 5.88 Å². The number of nitrogens with zero attached hydrogens (tertiary/aromatic N) is 2. The van der Waals surface area contributed by atoms with Crippen molar-refractivity contribution in [3.63, 3.8) is 0 Å². The van der Waals surface area contributed by atoms with E-state index in [2.05, 4.69) is 5.10 Å². The first-order chi connectivity index (χ1) is 6.86. The molecule has 1 aliphatic rings. The first-order valence-electron chi connectivity index (χ1n) is 4.14. The van der Waals surface area contributed by atoms with Crippen LogP contribution in [-0.4, -0.2) is 16.7 Å². The number of rotatable bonds is 0. The van der Waals surface area contributed by atoms with Crippen molar-refractivity contribution >= 4 is 10.8 Å². The van der Waals surface area contributed by atoms with Gasteiger partial charge in [0.1, 0.15) is 0 Å². The average molecular weight is 190 g/mol. The SMILES string of the molecule is O=c1c2ccccc2c2nn1OCO2. The van der Waals surface area contributed by atoms with Gasteiger partial charge in [0.25, 0.3) is 6.79 Å². The van der Waals surface area contributed by atoms with Crippen molar-refractivity contribution in [3.8, 4) is 5.88 Å². The van der Waals surface area contributed by atoms with Crippen LogP contribution >= 0.6 is 0 Å². The monoisotopic (exact) mass is 190 g/mol. The maximum atomic E-state index is 11.7. The van der Waals surface area contributed by atoms with Gasteiger partial charge in [-0.3, -0.25) is 4.79 Å². The number of hydrogen-bond acceptors (Lipinski definition) is 4. The van der Waals surface area contributed by atoms with E-state index in [0.717, 1.165) is 10.2 Å². The Hall–Kier alpha value is -2.04. The molecule has 14 heavy (non-hydrogen) atoms. The molecule has 0 saturated carbocycles. The summed E-state index contributed by atoms with van der Waals surface area (Å²) >= 11 is 0. The van der Waals surface area contributed by atoms with Crippen molar-refractivity contribution in [1.82, 2.24) is 9.94 Å². The molecule has 0 aliphatic carbocycles. The predicted octanol–water partition coefficient (Wildman–Crippen LogP) is 0.175. The second-order valence-corrected chi connectivity index (χ2v) is 2.92. The lowest BCUT2D eigenvalue weighted by molar-refractivity contribution is -0.0501. The Kier molecular flexibility index (Phi) is 1.30. The van der Waals surface area contributed by atoms with Crippen molar-refractivity contribution in [2.24, 2.45) is 0 Å². The lowest BCUT2D eigenvalue weighted by Crippen LogP contribution is -2.35. The van der Waals surface area contributed by atoms with Gasteiger partial charge in [-0.1, -0.05) is 22.1 Å². The van der Waals surface area contributed by atoms with Crippen LogP contribution in [0.3, 0.4) is 0 Å². The molecule has 0 radical (unpaired) electrons. The van der Waals surface area contributed by atoms with Crippen LogP contribution < -0.4 is 15.1 Å². The molecular weight excluding hydrogens is 184 g/mol. The first-order valence-corrected chi connectivity index (χ1v) is 4.14. The molecule has 2 heterocycles. The van der Waals surface area contributed by atoms with E-state index in [-0.39, 0.29) is 12.4 Å². The van der Waals surface area contributed by atoms with Gasteiger partial charge >= 0.3 is 5.56 Å². The van der Waals surface area contributed by atoms with Crippen LogP contribution in [0.1, 0.15) is 0 Å². The number of hydrogen-bond donors (Lipinski definition) is 0. The van der Waals surface area contributed by atoms with E-state index >= 15 is 0 Å². The van der Waals surface area contributed by atoms with Gasteiger partial charge in [-0.2, -0.15) is 0 Å². The van der Waals surface area contributed by atoms with Crippen molar-refractivity contribution in [2.45, 2.75) is 0 Å². The Balaban J connectivity index is 2.55. The predicted molar refractivity (Wildman–Crippen MR) is 48.1 cm³/mol. The van der Waals surface area contributed by atoms with Gasteiger partial charge in [-0.05, 0) is 12.1 Å². The molecule has 70 valence electrons. The highest BCUT2D eigenvalue weighted by molar-refractivity contribution is 5.85. The zero-order chi connectivity index (χ0) is 9.54. The second kappa shape index (κ2) is 2.47. The van der Waals surface area contributed by atoms with Gasteiger partial charge in [0.2, 0.25) is 5.88 Å². The van der Waals surface area contributed by atoms with Crippen molar-refractivity contribution in [3.05, 3.63) is 34.6 Å². The summed E-state index contributed by atoms with van der Waals surface area (Å²) in [5.74, 6) is 0.437. The molecule has 2 aromatic rings.